The third-order valence-corrected chi connectivity index (χ3v) is 3.90. The van der Waals surface area contributed by atoms with E-state index in [1.165, 1.54) is 12.1 Å². The Labute approximate surface area is 131 Å². The van der Waals surface area contributed by atoms with E-state index in [0.717, 1.165) is 15.6 Å². The van der Waals surface area contributed by atoms with E-state index in [4.69, 9.17) is 5.11 Å². The van der Waals surface area contributed by atoms with Gasteiger partial charge in [0.2, 0.25) is 5.65 Å². The molecule has 1 fully saturated rings. The first-order valence-corrected chi connectivity index (χ1v) is 6.72. The molecule has 1 aliphatic rings. The van der Waals surface area contributed by atoms with E-state index in [9.17, 15) is 28.1 Å². The monoisotopic (exact) mass is 345 g/mol. The van der Waals surface area contributed by atoms with Crippen molar-refractivity contribution < 1.29 is 28.0 Å². The number of aromatic nitrogens is 3. The number of anilines is 1. The first-order chi connectivity index (χ1) is 11.2. The zero-order valence-electron chi connectivity index (χ0n) is 11.8. The van der Waals surface area contributed by atoms with Gasteiger partial charge in [-0.1, -0.05) is 9.61 Å². The number of aliphatic carboxylic acids is 1. The second kappa shape index (κ2) is 5.32. The van der Waals surface area contributed by atoms with E-state index < -0.39 is 41.3 Å². The van der Waals surface area contributed by atoms with Crippen LogP contribution in [-0.4, -0.2) is 49.9 Å². The van der Waals surface area contributed by atoms with Crippen LogP contribution in [-0.2, 0) is 4.79 Å². The summed E-state index contributed by atoms with van der Waals surface area (Å²) in [5.74, 6) is -5.63. The molecule has 0 radical (unpaired) electrons. The summed E-state index contributed by atoms with van der Waals surface area (Å²) in [5.41, 5.74) is 0.159. The molecule has 1 N–H and O–H groups in total. The van der Waals surface area contributed by atoms with Crippen molar-refractivity contribution in [1.29, 1.82) is 0 Å². The number of hydrogen-bond acceptors (Lipinski definition) is 6. The number of nitro groups is 1. The van der Waals surface area contributed by atoms with Gasteiger partial charge in [-0.15, -0.1) is 0 Å². The lowest BCUT2D eigenvalue weighted by molar-refractivity contribution is -0.391. The highest BCUT2D eigenvalue weighted by Crippen LogP contribution is 2.39. The standard InChI is InChI=1S/C12H10F3N5O4/c13-12(14,15)7-5-18(4-6(7)11(21)22)9-2-1-8-16-3-10(20(23)24)19(8)17-9/h1-3,6-7H,4-5H2,(H,21,22)/t6-,7-/m1/s1. The summed E-state index contributed by atoms with van der Waals surface area (Å²) >= 11 is 0. The molecule has 0 aliphatic carbocycles. The summed E-state index contributed by atoms with van der Waals surface area (Å²) < 4.78 is 40.0. The third-order valence-electron chi connectivity index (χ3n) is 3.90. The molecule has 0 amide bonds. The number of hydrogen-bond donors (Lipinski definition) is 1. The maximum Gasteiger partial charge on any atom is 0.394 e. The van der Waals surface area contributed by atoms with Crippen LogP contribution in [0.15, 0.2) is 18.3 Å². The zero-order chi connectivity index (χ0) is 17.6. The predicted molar refractivity (Wildman–Crippen MR) is 72.5 cm³/mol. The Hall–Kier alpha value is -2.92. The molecule has 1 saturated heterocycles. The molecule has 3 heterocycles. The number of carbonyl (C=O) groups is 1. The van der Waals surface area contributed by atoms with E-state index in [-0.39, 0.29) is 18.0 Å². The molecule has 3 rings (SSSR count). The van der Waals surface area contributed by atoms with Crippen LogP contribution in [0.5, 0.6) is 0 Å². The molecule has 0 spiro atoms. The number of nitrogens with zero attached hydrogens (tertiary/aromatic N) is 5. The Bertz CT molecular complexity index is 821. The minimum atomic E-state index is -4.66. The lowest BCUT2D eigenvalue weighted by atomic mass is 9.96. The largest absolute Gasteiger partial charge is 0.481 e. The first-order valence-electron chi connectivity index (χ1n) is 6.72. The SMILES string of the molecule is O=C(O)[C@@H]1CN(c2ccc3ncc([N+](=O)[O-])n3n2)C[C@H]1C(F)(F)F. The summed E-state index contributed by atoms with van der Waals surface area (Å²) in [6, 6.07) is 2.72. The maximum atomic E-state index is 13.0. The lowest BCUT2D eigenvalue weighted by Gasteiger charge is -2.18. The highest BCUT2D eigenvalue weighted by molar-refractivity contribution is 5.72. The van der Waals surface area contributed by atoms with Crippen molar-refractivity contribution >= 4 is 23.3 Å². The summed E-state index contributed by atoms with van der Waals surface area (Å²) in [6.07, 6.45) is -3.68. The van der Waals surface area contributed by atoms with Crippen LogP contribution in [0.1, 0.15) is 0 Å². The average Bonchev–Trinajstić information content (AvgIpc) is 3.10. The fourth-order valence-electron chi connectivity index (χ4n) is 2.72. The van der Waals surface area contributed by atoms with E-state index in [1.807, 2.05) is 0 Å². The van der Waals surface area contributed by atoms with Crippen molar-refractivity contribution in [2.75, 3.05) is 18.0 Å². The molecule has 12 heteroatoms. The van der Waals surface area contributed by atoms with Crippen LogP contribution in [0.3, 0.4) is 0 Å². The number of carboxylic acid groups (broad SMARTS) is 1. The molecule has 2 aromatic heterocycles. The molecule has 128 valence electrons. The van der Waals surface area contributed by atoms with Gasteiger partial charge in [0.25, 0.3) is 0 Å². The van der Waals surface area contributed by atoms with Gasteiger partial charge < -0.3 is 20.1 Å². The van der Waals surface area contributed by atoms with E-state index in [2.05, 4.69) is 10.1 Å². The van der Waals surface area contributed by atoms with Crippen LogP contribution >= 0.6 is 0 Å². The summed E-state index contributed by atoms with van der Waals surface area (Å²) in [7, 11) is 0. The van der Waals surface area contributed by atoms with E-state index in [1.54, 1.807) is 0 Å². The number of halogens is 3. The zero-order valence-corrected chi connectivity index (χ0v) is 11.8. The topological polar surface area (TPSA) is 114 Å². The molecular formula is C12H10F3N5O4. The molecule has 0 bridgehead atoms. The predicted octanol–water partition coefficient (Wildman–Crippen LogP) is 1.34. The van der Waals surface area contributed by atoms with Crippen LogP contribution in [0, 0.1) is 22.0 Å². The Balaban J connectivity index is 1.97. The normalized spacial score (nSPS) is 21.4. The van der Waals surface area contributed by atoms with Crippen LogP contribution in [0.25, 0.3) is 5.65 Å². The van der Waals surface area contributed by atoms with Crippen molar-refractivity contribution in [3.63, 3.8) is 0 Å². The fraction of sp³-hybridized carbons (Fsp3) is 0.417. The van der Waals surface area contributed by atoms with E-state index in [0.29, 0.717) is 0 Å². The maximum absolute atomic E-state index is 13.0. The van der Waals surface area contributed by atoms with Crippen LogP contribution < -0.4 is 4.90 Å². The van der Waals surface area contributed by atoms with E-state index >= 15 is 0 Å². The van der Waals surface area contributed by atoms with Gasteiger partial charge in [-0.05, 0) is 11.0 Å². The van der Waals surface area contributed by atoms with Gasteiger partial charge in [0, 0.05) is 19.2 Å². The number of rotatable bonds is 3. The van der Waals surface area contributed by atoms with Crippen molar-refractivity contribution in [2.45, 2.75) is 6.18 Å². The van der Waals surface area contributed by atoms with Gasteiger partial charge >= 0.3 is 18.0 Å². The highest BCUT2D eigenvalue weighted by atomic mass is 19.4. The average molecular weight is 345 g/mol. The Morgan fingerprint density at radius 3 is 2.62 bits per heavy atom. The summed E-state index contributed by atoms with van der Waals surface area (Å²) in [6.45, 7) is -0.970. The molecule has 9 nitrogen and oxygen atoms in total. The second-order valence-electron chi connectivity index (χ2n) is 5.33. The smallest absolute Gasteiger partial charge is 0.394 e. The van der Waals surface area contributed by atoms with Gasteiger partial charge in [0.05, 0.1) is 11.8 Å². The molecule has 24 heavy (non-hydrogen) atoms. The Kier molecular flexibility index (Phi) is 3.53. The minimum absolute atomic E-state index is 0.0154. The van der Waals surface area contributed by atoms with Gasteiger partial charge in [-0.25, -0.2) is 4.98 Å². The van der Waals surface area contributed by atoms with Crippen LogP contribution in [0.2, 0.25) is 0 Å². The number of imidazole rings is 1. The molecule has 1 aliphatic heterocycles. The second-order valence-corrected chi connectivity index (χ2v) is 5.33. The summed E-state index contributed by atoms with van der Waals surface area (Å²) in [4.78, 5) is 26.2. The van der Waals surface area contributed by atoms with Crippen molar-refractivity contribution in [2.24, 2.45) is 11.8 Å². The van der Waals surface area contributed by atoms with Crippen molar-refractivity contribution in [1.82, 2.24) is 14.6 Å². The van der Waals surface area contributed by atoms with Gasteiger partial charge in [0.15, 0.2) is 5.82 Å². The van der Waals surface area contributed by atoms with Gasteiger partial charge in [0.1, 0.15) is 6.20 Å². The molecule has 0 unspecified atom stereocenters. The minimum Gasteiger partial charge on any atom is -0.481 e. The Morgan fingerprint density at radius 1 is 1.38 bits per heavy atom. The third kappa shape index (κ3) is 2.59. The molecule has 0 aromatic carbocycles. The quantitative estimate of drug-likeness (QED) is 0.659. The number of fused-ring (bicyclic) bond motifs is 1. The molecule has 2 aromatic rings. The molecule has 2 atom stereocenters. The van der Waals surface area contributed by atoms with Crippen molar-refractivity contribution in [3.8, 4) is 0 Å². The number of carboxylic acids is 1. The number of alkyl halides is 3. The van der Waals surface area contributed by atoms with Gasteiger partial charge in [-0.2, -0.15) is 13.2 Å². The first kappa shape index (κ1) is 16.0. The Morgan fingerprint density at radius 2 is 2.08 bits per heavy atom. The van der Waals surface area contributed by atoms with Crippen molar-refractivity contribution in [3.05, 3.63) is 28.4 Å². The molecular weight excluding hydrogens is 335 g/mol. The fourth-order valence-corrected chi connectivity index (χ4v) is 2.72. The van der Waals surface area contributed by atoms with Gasteiger partial charge in [-0.3, -0.25) is 4.79 Å². The van der Waals surface area contributed by atoms with Crippen LogP contribution in [0.4, 0.5) is 24.8 Å². The highest BCUT2D eigenvalue weighted by Gasteiger charge is 2.53. The lowest BCUT2D eigenvalue weighted by Crippen LogP contribution is -2.33. The summed E-state index contributed by atoms with van der Waals surface area (Å²) in [5, 5.41) is 23.8. The molecule has 0 saturated carbocycles.